The molecule has 776 valence electrons. The van der Waals surface area contributed by atoms with Gasteiger partial charge in [0.2, 0.25) is 5.91 Å². The first-order valence-corrected chi connectivity index (χ1v) is 49.2. The van der Waals surface area contributed by atoms with Crippen LogP contribution < -0.4 is 85.3 Å². The maximum Gasteiger partial charge on any atom is 0.329 e. The quantitative estimate of drug-likeness (QED) is 0.00964. The van der Waals surface area contributed by atoms with Crippen LogP contribution in [0.25, 0.3) is 0 Å². The van der Waals surface area contributed by atoms with Crippen LogP contribution in [-0.2, 0) is 60.9 Å². The van der Waals surface area contributed by atoms with E-state index in [1.54, 1.807) is 93.9 Å². The molecule has 0 radical (unpaired) electrons. The van der Waals surface area contributed by atoms with E-state index < -0.39 is 5.97 Å². The van der Waals surface area contributed by atoms with Crippen molar-refractivity contribution >= 4 is 81.8 Å². The van der Waals surface area contributed by atoms with Crippen LogP contribution in [0.15, 0.2) is 364 Å². The highest BCUT2D eigenvalue weighted by molar-refractivity contribution is 6.31. The lowest BCUT2D eigenvalue weighted by molar-refractivity contribution is -0.196. The first-order valence-electron chi connectivity index (χ1n) is 47.3. The normalized spacial score (nSPS) is 11.6. The lowest BCUT2D eigenvalue weighted by Crippen LogP contribution is -2.43. The lowest BCUT2D eigenvalue weighted by atomic mass is 10.1. The van der Waals surface area contributed by atoms with E-state index in [4.69, 9.17) is 131 Å². The third-order valence-corrected chi connectivity index (χ3v) is 23.3. The molecule has 0 heterocycles. The zero-order valence-electron chi connectivity index (χ0n) is 83.1. The van der Waals surface area contributed by atoms with Gasteiger partial charge in [0.15, 0.2) is 0 Å². The van der Waals surface area contributed by atoms with Crippen molar-refractivity contribution < 1.29 is 91.7 Å². The van der Waals surface area contributed by atoms with Gasteiger partial charge in [-0.25, -0.2) is 16.0 Å². The summed E-state index contributed by atoms with van der Waals surface area (Å²) < 4.78 is 63.1. The Kier molecular flexibility index (Phi) is 47.0. The fourth-order valence-electron chi connectivity index (χ4n) is 14.1. The van der Waals surface area contributed by atoms with Crippen LogP contribution in [0.5, 0.6) is 115 Å². The SMILES string of the molecule is CN[C@@H](Cc1ccc(Oc2ccc(Oc3ccc(Cl)cc3)cc2)cc1)C(=O)OC.CN[C@@H](Cc1ccc(Oc2ccc(Oc3ccc(Cl)cc3)cc2)cc1)CN(O)C(C)=O.CN[C@@H](Cc1ccc(Oc2ccc(Oc3ccc(Cl)cc3)cc2)cc1)CN(OC(C)=O)C(C)=O.CN[C@H](CNO)Cc1ccc(Oc2ccc(Oc3ccc(Cl)cc3)cc2)cc1.N[C@H](CNO)Cc1ccc(Oc2ccc(Oc3ccc(Cl)cc3)cc2)cc1. The molecule has 0 fully saturated rings. The number of nitrogens with zero attached hydrogens (tertiary/aromatic N) is 2. The van der Waals surface area contributed by atoms with Crippen LogP contribution in [0.3, 0.4) is 0 Å². The van der Waals surface area contributed by atoms with E-state index >= 15 is 0 Å². The number of benzene rings is 15. The fourth-order valence-corrected chi connectivity index (χ4v) is 14.7. The van der Waals surface area contributed by atoms with Crippen molar-refractivity contribution in [2.75, 3.05) is 61.5 Å². The minimum Gasteiger partial charge on any atom is -0.468 e. The van der Waals surface area contributed by atoms with Crippen LogP contribution in [0.2, 0.25) is 25.1 Å². The Bertz CT molecular complexity index is 6520. The number of nitrogens with two attached hydrogens (primary N) is 1. The summed E-state index contributed by atoms with van der Waals surface area (Å²) in [7, 11) is 8.60. The van der Waals surface area contributed by atoms with E-state index in [1.807, 2.05) is 298 Å². The van der Waals surface area contributed by atoms with Gasteiger partial charge >= 0.3 is 11.9 Å². The van der Waals surface area contributed by atoms with Crippen LogP contribution in [0, 0.1) is 0 Å². The number of rotatable bonds is 43. The van der Waals surface area contributed by atoms with Gasteiger partial charge in [-0.1, -0.05) is 119 Å². The van der Waals surface area contributed by atoms with E-state index in [0.717, 1.165) is 78.9 Å². The monoisotopic (exact) mass is 2120 g/mol. The molecule has 0 aliphatic heterocycles. The molecule has 33 heteroatoms. The van der Waals surface area contributed by atoms with Crippen molar-refractivity contribution in [2.24, 2.45) is 5.73 Å². The van der Waals surface area contributed by atoms with Crippen molar-refractivity contribution in [3.63, 3.8) is 0 Å². The molecule has 15 rings (SSSR count). The molecular formula is C116H118Cl5N9O19. The molecule has 0 aliphatic rings. The van der Waals surface area contributed by atoms with Gasteiger partial charge in [-0.05, 0) is 391 Å². The zero-order valence-corrected chi connectivity index (χ0v) is 86.9. The summed E-state index contributed by atoms with van der Waals surface area (Å²) in [6.07, 6.45) is 3.32. The summed E-state index contributed by atoms with van der Waals surface area (Å²) in [5.74, 6) is 12.7. The Labute approximate surface area is 892 Å². The molecule has 0 aliphatic carbocycles. The molecule has 28 nitrogen and oxygen atoms in total. The summed E-state index contributed by atoms with van der Waals surface area (Å²) in [5, 5.41) is 44.7. The number of hydroxylamine groups is 6. The highest BCUT2D eigenvalue weighted by Gasteiger charge is 2.22. The number of carbonyl (C=O) groups excluding carboxylic acids is 4. The topological polar surface area (TPSA) is 344 Å². The number of esters is 1. The summed E-state index contributed by atoms with van der Waals surface area (Å²) in [4.78, 5) is 50.8. The predicted octanol–water partition coefficient (Wildman–Crippen LogP) is 25.7. The fraction of sp³-hybridized carbons (Fsp3) is 0.190. The number of methoxy groups -OCH3 is 1. The van der Waals surface area contributed by atoms with E-state index in [2.05, 4.69) is 32.2 Å². The zero-order chi connectivity index (χ0) is 106. The van der Waals surface area contributed by atoms with Gasteiger partial charge in [0.05, 0.1) is 20.2 Å². The van der Waals surface area contributed by atoms with E-state index in [0.29, 0.717) is 144 Å². The Balaban J connectivity index is 0.000000177. The van der Waals surface area contributed by atoms with Gasteiger partial charge in [0.25, 0.3) is 5.91 Å². The van der Waals surface area contributed by atoms with Crippen molar-refractivity contribution in [3.8, 4) is 115 Å². The molecule has 2 amide bonds. The van der Waals surface area contributed by atoms with Crippen molar-refractivity contribution in [1.82, 2.24) is 42.4 Å². The second kappa shape index (κ2) is 61.1. The maximum atomic E-state index is 11.7. The maximum absolute atomic E-state index is 11.7. The molecule has 0 spiro atoms. The van der Waals surface area contributed by atoms with Crippen LogP contribution in [-0.4, -0.2) is 141 Å². The number of likely N-dealkylation sites (N-methyl/N-ethyl adjacent to an activating group) is 4. The Morgan fingerprint density at radius 1 is 0.275 bits per heavy atom. The van der Waals surface area contributed by atoms with Gasteiger partial charge in [-0.2, -0.15) is 5.06 Å². The molecule has 15 aromatic rings. The first kappa shape index (κ1) is 115. The Morgan fingerprint density at radius 2 is 0.470 bits per heavy atom. The van der Waals surface area contributed by atoms with E-state index in [-0.39, 0.29) is 61.1 Å². The first-order chi connectivity index (χ1) is 72.1. The van der Waals surface area contributed by atoms with Crippen molar-refractivity contribution in [1.29, 1.82) is 0 Å². The largest absolute Gasteiger partial charge is 0.468 e. The molecule has 0 unspecified atom stereocenters. The van der Waals surface area contributed by atoms with E-state index in [1.165, 1.54) is 27.9 Å². The number of halogens is 5. The summed E-state index contributed by atoms with van der Waals surface area (Å²) >= 11 is 29.4. The molecule has 149 heavy (non-hydrogen) atoms. The highest BCUT2D eigenvalue weighted by Crippen LogP contribution is 2.36. The van der Waals surface area contributed by atoms with Crippen LogP contribution in [0.1, 0.15) is 48.6 Å². The minimum absolute atomic E-state index is 0.0612. The number of carbonyl (C=O) groups is 4. The smallest absolute Gasteiger partial charge is 0.329 e. The second-order valence-electron chi connectivity index (χ2n) is 33.5. The second-order valence-corrected chi connectivity index (χ2v) is 35.6. The number of nitrogens with one attached hydrogen (secondary N) is 6. The minimum atomic E-state index is -0.531. The molecule has 5 atom stereocenters. The highest BCUT2D eigenvalue weighted by atomic mass is 35.5. The predicted molar refractivity (Wildman–Crippen MR) is 580 cm³/mol. The van der Waals surface area contributed by atoms with Gasteiger partial charge < -0.3 is 94.4 Å². The number of amides is 2. The summed E-state index contributed by atoms with van der Waals surface area (Å²) in [6.45, 7) is 5.25. The number of hydrogen-bond donors (Lipinski definition) is 10. The van der Waals surface area contributed by atoms with E-state index in [9.17, 15) is 24.4 Å². The van der Waals surface area contributed by atoms with Gasteiger partial charge in [-0.3, -0.25) is 24.4 Å². The molecule has 0 aromatic heterocycles. The standard InChI is InChI=1S/C26H27ClN2O5.C24H25ClN2O4.C23H22ClNO4.C22H23ClN2O3.C21H21ClN2O3/c1-18(30)29(34-19(2)31)17-22(28-3)16-20-4-8-23(9-5-20)32-25-12-14-26(15-13-25)33-24-10-6-21(27)7-11-24;1-17(28)27(29)16-20(26-2)15-18-3-7-21(8-4-18)30-23-11-13-24(14-12-23)31-22-9-5-19(25)6-10-22;1-25-22(23(26)27-2)15-16-3-7-18(8-4-16)28-20-11-13-21(14-12-20)29-19-9-5-17(24)6-10-19;1-24-18(15-25-26)14-16-2-6-19(7-3-16)27-21-10-12-22(13-11-21)28-20-8-4-17(23)5-9-20;22-16-3-7-19(8-4-16)27-21-11-9-20(10-12-21)26-18-5-1-15(2-6-18)13-17(23)14-24-25/h4-15,22,28H,16-17H2,1-3H3;3-14,20,26,29H,15-16H2,1-2H3;3-14,22,25H,15H2,1-2H3;2-13,18,24-26H,14-15H2,1H3;1-12,17,24-25H,13-14,23H2/t22-;20-;22-;18-;17-/m00000/s1. The molecule has 11 N–H and O–H groups in total. The molecule has 0 bridgehead atoms. The average Bonchev–Trinajstić information content (AvgIpc) is 0.865. The van der Waals surface area contributed by atoms with Crippen molar-refractivity contribution in [3.05, 3.63) is 417 Å². The number of ether oxygens (including phenoxy) is 11. The molecule has 15 aromatic carbocycles. The average molecular weight is 2120 g/mol. The third-order valence-electron chi connectivity index (χ3n) is 22.0. The summed E-state index contributed by atoms with van der Waals surface area (Å²) in [5.41, 5.74) is 15.5. The van der Waals surface area contributed by atoms with Crippen LogP contribution >= 0.6 is 58.0 Å². The molecular weight excluding hydrogens is 2000 g/mol. The Morgan fingerprint density at radius 3 is 0.658 bits per heavy atom. The van der Waals surface area contributed by atoms with Gasteiger partial charge in [0, 0.05) is 83.1 Å². The van der Waals surface area contributed by atoms with Gasteiger partial charge in [-0.15, -0.1) is 0 Å². The molecule has 0 saturated carbocycles. The lowest BCUT2D eigenvalue weighted by Gasteiger charge is -2.24. The third kappa shape index (κ3) is 41.5. The molecule has 0 saturated heterocycles. The van der Waals surface area contributed by atoms with Crippen molar-refractivity contribution in [2.45, 2.75) is 83.1 Å². The number of hydrogen-bond acceptors (Lipinski definition) is 26. The van der Waals surface area contributed by atoms with Crippen LogP contribution in [0.4, 0.5) is 0 Å². The summed E-state index contributed by atoms with van der Waals surface area (Å²) in [6, 6.07) is 111. The van der Waals surface area contributed by atoms with Gasteiger partial charge in [0.1, 0.15) is 121 Å². The Hall–Kier alpha value is -14.8.